The Labute approximate surface area is 176 Å². The van der Waals surface area contributed by atoms with Crippen molar-refractivity contribution in [2.45, 2.75) is 31.8 Å². The maximum absolute atomic E-state index is 5.85. The van der Waals surface area contributed by atoms with E-state index in [0.717, 1.165) is 56.5 Å². The lowest BCUT2D eigenvalue weighted by atomic mass is 10.0. The zero-order chi connectivity index (χ0) is 20.1. The quantitative estimate of drug-likeness (QED) is 0.600. The highest BCUT2D eigenvalue weighted by Gasteiger charge is 2.19. The van der Waals surface area contributed by atoms with Crippen molar-refractivity contribution in [2.24, 2.45) is 0 Å². The number of hydrogen-bond acceptors (Lipinski definition) is 6. The second kappa shape index (κ2) is 9.48. The summed E-state index contributed by atoms with van der Waals surface area (Å²) in [5, 5.41) is 4.19. The van der Waals surface area contributed by atoms with Gasteiger partial charge in [0.25, 0.3) is 0 Å². The van der Waals surface area contributed by atoms with E-state index in [0.29, 0.717) is 17.1 Å². The van der Waals surface area contributed by atoms with Gasteiger partial charge in [-0.2, -0.15) is 0 Å². The van der Waals surface area contributed by atoms with Gasteiger partial charge in [-0.25, -0.2) is 9.97 Å². The molecule has 1 saturated heterocycles. The number of nitrogens with zero attached hydrogens (tertiary/aromatic N) is 4. The van der Waals surface area contributed by atoms with Crippen LogP contribution in [0.2, 0.25) is 5.15 Å². The number of fused-ring (bicyclic) bond motifs is 1. The van der Waals surface area contributed by atoms with Gasteiger partial charge < -0.3 is 15.0 Å². The topological polar surface area (TPSA) is 63.2 Å². The van der Waals surface area contributed by atoms with Gasteiger partial charge in [-0.3, -0.25) is 4.98 Å². The van der Waals surface area contributed by atoms with Gasteiger partial charge in [0, 0.05) is 37.6 Å². The first-order valence-corrected chi connectivity index (χ1v) is 10.4. The van der Waals surface area contributed by atoms with Crippen molar-refractivity contribution < 1.29 is 4.74 Å². The van der Waals surface area contributed by atoms with Crippen molar-refractivity contribution in [3.63, 3.8) is 0 Å². The van der Waals surface area contributed by atoms with Crippen molar-refractivity contribution in [2.75, 3.05) is 26.7 Å². The third-order valence-electron chi connectivity index (χ3n) is 5.52. The highest BCUT2D eigenvalue weighted by atomic mass is 35.5. The summed E-state index contributed by atoms with van der Waals surface area (Å²) in [6.07, 6.45) is 6.99. The summed E-state index contributed by atoms with van der Waals surface area (Å²) in [5.74, 6) is 0.634. The molecule has 0 aromatic carbocycles. The number of ether oxygens (including phenoxy) is 1. The van der Waals surface area contributed by atoms with Gasteiger partial charge in [-0.05, 0) is 61.7 Å². The first-order chi connectivity index (χ1) is 14.2. The number of likely N-dealkylation sites (tertiary alicyclic amines) is 1. The van der Waals surface area contributed by atoms with Crippen LogP contribution in [0.4, 0.5) is 0 Å². The second-order valence-corrected chi connectivity index (χ2v) is 7.81. The number of aromatic nitrogens is 3. The van der Waals surface area contributed by atoms with Crippen LogP contribution in [-0.2, 0) is 13.0 Å². The molecule has 1 fully saturated rings. The van der Waals surface area contributed by atoms with E-state index in [1.54, 1.807) is 7.11 Å². The number of pyridine rings is 3. The summed E-state index contributed by atoms with van der Waals surface area (Å²) in [6.45, 7) is 4.09. The van der Waals surface area contributed by atoms with E-state index >= 15 is 0 Å². The van der Waals surface area contributed by atoms with Crippen molar-refractivity contribution in [3.05, 3.63) is 59.0 Å². The monoisotopic (exact) mass is 411 g/mol. The predicted molar refractivity (Wildman–Crippen MR) is 115 cm³/mol. The number of rotatable bonds is 7. The van der Waals surface area contributed by atoms with E-state index < -0.39 is 0 Å². The van der Waals surface area contributed by atoms with Crippen LogP contribution in [0.5, 0.6) is 5.88 Å². The Hall–Kier alpha value is -2.28. The van der Waals surface area contributed by atoms with Crippen molar-refractivity contribution in [3.8, 4) is 5.88 Å². The van der Waals surface area contributed by atoms with Gasteiger partial charge in [0.1, 0.15) is 5.15 Å². The van der Waals surface area contributed by atoms with E-state index in [-0.39, 0.29) is 0 Å². The molecule has 0 unspecified atom stereocenters. The molecule has 152 valence electrons. The maximum Gasteiger partial charge on any atom is 0.213 e. The second-order valence-electron chi connectivity index (χ2n) is 7.43. The Morgan fingerprint density at radius 3 is 2.76 bits per heavy atom. The van der Waals surface area contributed by atoms with Crippen LogP contribution < -0.4 is 10.1 Å². The van der Waals surface area contributed by atoms with E-state index in [1.165, 1.54) is 11.1 Å². The lowest BCUT2D eigenvalue weighted by Gasteiger charge is -2.32. The largest absolute Gasteiger partial charge is 0.481 e. The highest BCUT2D eigenvalue weighted by molar-refractivity contribution is 6.29. The van der Waals surface area contributed by atoms with Gasteiger partial charge in [-0.1, -0.05) is 17.7 Å². The lowest BCUT2D eigenvalue weighted by molar-refractivity contribution is 0.199. The first-order valence-electron chi connectivity index (χ1n) is 10.1. The minimum atomic E-state index is 0.540. The molecule has 6 nitrogen and oxygen atoms in total. The summed E-state index contributed by atoms with van der Waals surface area (Å²) >= 11 is 5.85. The molecule has 0 bridgehead atoms. The summed E-state index contributed by atoms with van der Waals surface area (Å²) in [7, 11) is 1.64. The van der Waals surface area contributed by atoms with Crippen LogP contribution >= 0.6 is 11.6 Å². The molecule has 0 aliphatic carbocycles. The molecule has 0 spiro atoms. The van der Waals surface area contributed by atoms with E-state index in [1.807, 2.05) is 36.7 Å². The molecule has 1 N–H and O–H groups in total. The summed E-state index contributed by atoms with van der Waals surface area (Å²) < 4.78 is 5.28. The molecule has 1 aliphatic rings. The van der Waals surface area contributed by atoms with Crippen molar-refractivity contribution >= 4 is 22.6 Å². The smallest absolute Gasteiger partial charge is 0.213 e. The first kappa shape index (κ1) is 20.0. The molecule has 1 aliphatic heterocycles. The molecule has 0 radical (unpaired) electrons. The molecule has 4 rings (SSSR count). The molecule has 4 heterocycles. The highest BCUT2D eigenvalue weighted by Crippen LogP contribution is 2.20. The fraction of sp³-hybridized carbons (Fsp3) is 0.409. The van der Waals surface area contributed by atoms with Gasteiger partial charge >= 0.3 is 0 Å². The fourth-order valence-electron chi connectivity index (χ4n) is 3.79. The molecular weight excluding hydrogens is 386 g/mol. The molecule has 0 amide bonds. The Bertz CT molecular complexity index is 942. The van der Waals surface area contributed by atoms with E-state index in [2.05, 4.69) is 31.2 Å². The van der Waals surface area contributed by atoms with Crippen LogP contribution in [0.15, 0.2) is 42.7 Å². The standard InChI is InChI=1S/C22H26ClN5O/c1-29-21-5-3-19-22(27-21)17(6-10-24-19)7-11-28-12-8-18(9-13-28)25-14-16-2-4-20(23)26-15-16/h2-6,10,15,18,25H,7-9,11-14H2,1H3. The fourth-order valence-corrected chi connectivity index (χ4v) is 3.90. The third kappa shape index (κ3) is 5.21. The number of hydrogen-bond donors (Lipinski definition) is 1. The summed E-state index contributed by atoms with van der Waals surface area (Å²) in [4.78, 5) is 15.7. The van der Waals surface area contributed by atoms with Gasteiger partial charge in [-0.15, -0.1) is 0 Å². The Morgan fingerprint density at radius 1 is 1.14 bits per heavy atom. The van der Waals surface area contributed by atoms with Crippen LogP contribution in [0, 0.1) is 0 Å². The molecular formula is C22H26ClN5O. The maximum atomic E-state index is 5.85. The molecule has 7 heteroatoms. The zero-order valence-electron chi connectivity index (χ0n) is 16.6. The van der Waals surface area contributed by atoms with Crippen molar-refractivity contribution in [1.29, 1.82) is 0 Å². The number of halogens is 1. The lowest BCUT2D eigenvalue weighted by Crippen LogP contribution is -2.42. The Morgan fingerprint density at radius 2 is 2.00 bits per heavy atom. The van der Waals surface area contributed by atoms with Crippen LogP contribution in [0.3, 0.4) is 0 Å². The van der Waals surface area contributed by atoms with E-state index in [9.17, 15) is 0 Å². The normalized spacial score (nSPS) is 15.7. The molecule has 3 aromatic heterocycles. The minimum absolute atomic E-state index is 0.540. The number of nitrogens with one attached hydrogen (secondary N) is 1. The van der Waals surface area contributed by atoms with Crippen molar-refractivity contribution in [1.82, 2.24) is 25.2 Å². The molecule has 3 aromatic rings. The van der Waals surface area contributed by atoms with Crippen LogP contribution in [0.1, 0.15) is 24.0 Å². The van der Waals surface area contributed by atoms with Gasteiger partial charge in [0.2, 0.25) is 5.88 Å². The Balaban J connectivity index is 1.27. The zero-order valence-corrected chi connectivity index (χ0v) is 17.4. The Kier molecular flexibility index (Phi) is 6.54. The average Bonchev–Trinajstić information content (AvgIpc) is 2.77. The summed E-state index contributed by atoms with van der Waals surface area (Å²) in [5.41, 5.74) is 4.26. The SMILES string of the molecule is COc1ccc2nccc(CCN3CCC(NCc4ccc(Cl)nc4)CC3)c2n1. The van der Waals surface area contributed by atoms with Gasteiger partial charge in [0.05, 0.1) is 18.1 Å². The minimum Gasteiger partial charge on any atom is -0.481 e. The van der Waals surface area contributed by atoms with Crippen LogP contribution in [-0.4, -0.2) is 52.6 Å². The third-order valence-corrected chi connectivity index (χ3v) is 5.74. The molecule has 0 saturated carbocycles. The number of piperidine rings is 1. The summed E-state index contributed by atoms with van der Waals surface area (Å²) in [6, 6.07) is 10.3. The molecule has 0 atom stereocenters. The van der Waals surface area contributed by atoms with Crippen LogP contribution in [0.25, 0.3) is 11.0 Å². The molecule has 29 heavy (non-hydrogen) atoms. The average molecular weight is 412 g/mol. The predicted octanol–water partition coefficient (Wildman–Crippen LogP) is 3.48. The van der Waals surface area contributed by atoms with E-state index in [4.69, 9.17) is 16.3 Å². The number of methoxy groups -OCH3 is 1. The van der Waals surface area contributed by atoms with Gasteiger partial charge in [0.15, 0.2) is 0 Å².